The standard InChI is InChI=1S/C15H20BrN3O4/c1-10(14(21)22)9-19(2)15(23)17-8-7-13(20)18-12-5-3-11(16)4-6-12/h3-6,10H,7-9H2,1-2H3,(H,17,23)(H,18,20)(H,21,22). The number of halogens is 1. The Morgan fingerprint density at radius 1 is 1.26 bits per heavy atom. The number of nitrogens with one attached hydrogen (secondary N) is 2. The maximum atomic E-state index is 11.8. The second-order valence-electron chi connectivity index (χ2n) is 5.16. The van der Waals surface area contributed by atoms with Gasteiger partial charge in [0.05, 0.1) is 5.92 Å². The van der Waals surface area contributed by atoms with Gasteiger partial charge in [-0.3, -0.25) is 9.59 Å². The number of rotatable bonds is 7. The quantitative estimate of drug-likeness (QED) is 0.669. The molecule has 126 valence electrons. The van der Waals surface area contributed by atoms with Crippen molar-refractivity contribution >= 4 is 39.5 Å². The van der Waals surface area contributed by atoms with Crippen LogP contribution in [0.5, 0.6) is 0 Å². The number of carboxylic acids is 1. The number of carbonyl (C=O) groups is 3. The Kier molecular flexibility index (Phi) is 7.53. The van der Waals surface area contributed by atoms with Crippen molar-refractivity contribution in [1.82, 2.24) is 10.2 Å². The monoisotopic (exact) mass is 385 g/mol. The zero-order valence-electron chi connectivity index (χ0n) is 13.0. The highest BCUT2D eigenvalue weighted by Crippen LogP contribution is 2.14. The first kappa shape index (κ1) is 19.0. The minimum Gasteiger partial charge on any atom is -0.481 e. The number of amides is 3. The van der Waals surface area contributed by atoms with Crippen LogP contribution in [-0.2, 0) is 9.59 Å². The van der Waals surface area contributed by atoms with E-state index in [1.54, 1.807) is 12.1 Å². The van der Waals surface area contributed by atoms with Crippen LogP contribution in [0.3, 0.4) is 0 Å². The normalized spacial score (nSPS) is 11.4. The van der Waals surface area contributed by atoms with E-state index in [2.05, 4.69) is 26.6 Å². The minimum absolute atomic E-state index is 0.103. The summed E-state index contributed by atoms with van der Waals surface area (Å²) in [7, 11) is 1.51. The van der Waals surface area contributed by atoms with Crippen LogP contribution in [0.1, 0.15) is 13.3 Å². The van der Waals surface area contributed by atoms with Crippen molar-refractivity contribution < 1.29 is 19.5 Å². The van der Waals surface area contributed by atoms with E-state index in [9.17, 15) is 14.4 Å². The maximum Gasteiger partial charge on any atom is 0.317 e. The predicted octanol–water partition coefficient (Wildman–Crippen LogP) is 2.14. The Bertz CT molecular complexity index is 562. The van der Waals surface area contributed by atoms with E-state index in [-0.39, 0.29) is 25.4 Å². The highest BCUT2D eigenvalue weighted by atomic mass is 79.9. The van der Waals surface area contributed by atoms with Gasteiger partial charge in [-0.15, -0.1) is 0 Å². The zero-order valence-corrected chi connectivity index (χ0v) is 14.6. The van der Waals surface area contributed by atoms with Gasteiger partial charge in [-0.25, -0.2) is 4.79 Å². The van der Waals surface area contributed by atoms with E-state index in [4.69, 9.17) is 5.11 Å². The van der Waals surface area contributed by atoms with Crippen LogP contribution in [-0.4, -0.2) is 48.1 Å². The summed E-state index contributed by atoms with van der Waals surface area (Å²) >= 11 is 3.31. The molecule has 8 heteroatoms. The molecule has 1 aromatic carbocycles. The fourth-order valence-electron chi connectivity index (χ4n) is 1.75. The summed E-state index contributed by atoms with van der Waals surface area (Å²) in [6.07, 6.45) is 0.129. The minimum atomic E-state index is -0.960. The molecule has 0 aliphatic rings. The lowest BCUT2D eigenvalue weighted by atomic mass is 10.2. The van der Waals surface area contributed by atoms with Crippen LogP contribution in [0.25, 0.3) is 0 Å². The van der Waals surface area contributed by atoms with Crippen molar-refractivity contribution in [3.05, 3.63) is 28.7 Å². The van der Waals surface area contributed by atoms with Gasteiger partial charge < -0.3 is 20.6 Å². The van der Waals surface area contributed by atoms with Gasteiger partial charge in [0.2, 0.25) is 5.91 Å². The lowest BCUT2D eigenvalue weighted by Crippen LogP contribution is -2.41. The predicted molar refractivity (Wildman–Crippen MR) is 90.2 cm³/mol. The van der Waals surface area contributed by atoms with Crippen molar-refractivity contribution in [3.63, 3.8) is 0 Å². The highest BCUT2D eigenvalue weighted by Gasteiger charge is 2.17. The van der Waals surface area contributed by atoms with Crippen LogP contribution < -0.4 is 10.6 Å². The first-order valence-electron chi connectivity index (χ1n) is 7.06. The van der Waals surface area contributed by atoms with Crippen molar-refractivity contribution in [2.24, 2.45) is 5.92 Å². The largest absolute Gasteiger partial charge is 0.481 e. The number of anilines is 1. The fourth-order valence-corrected chi connectivity index (χ4v) is 2.01. The Labute approximate surface area is 143 Å². The molecule has 7 nitrogen and oxygen atoms in total. The van der Waals surface area contributed by atoms with Crippen LogP contribution in [0.15, 0.2) is 28.7 Å². The molecule has 23 heavy (non-hydrogen) atoms. The Hall–Kier alpha value is -2.09. The van der Waals surface area contributed by atoms with Gasteiger partial charge in [0.15, 0.2) is 0 Å². The Morgan fingerprint density at radius 3 is 2.43 bits per heavy atom. The fraction of sp³-hybridized carbons (Fsp3) is 0.400. The van der Waals surface area contributed by atoms with Gasteiger partial charge in [-0.2, -0.15) is 0 Å². The molecule has 0 fully saturated rings. The van der Waals surface area contributed by atoms with E-state index in [0.717, 1.165) is 4.47 Å². The second kappa shape index (κ2) is 9.14. The van der Waals surface area contributed by atoms with E-state index in [1.165, 1.54) is 18.9 Å². The molecule has 0 aliphatic carbocycles. The molecular weight excluding hydrogens is 366 g/mol. The van der Waals surface area contributed by atoms with Gasteiger partial charge in [-0.05, 0) is 24.3 Å². The molecule has 0 heterocycles. The Morgan fingerprint density at radius 2 is 1.87 bits per heavy atom. The van der Waals surface area contributed by atoms with E-state index < -0.39 is 17.9 Å². The molecular formula is C15H20BrN3O4. The molecule has 3 amide bonds. The number of hydrogen-bond acceptors (Lipinski definition) is 3. The van der Waals surface area contributed by atoms with Gasteiger partial charge >= 0.3 is 12.0 Å². The SMILES string of the molecule is CC(CN(C)C(=O)NCCC(=O)Nc1ccc(Br)cc1)C(=O)O. The molecule has 0 aromatic heterocycles. The second-order valence-corrected chi connectivity index (χ2v) is 6.07. The van der Waals surface area contributed by atoms with Crippen LogP contribution >= 0.6 is 15.9 Å². The first-order chi connectivity index (χ1) is 10.8. The maximum absolute atomic E-state index is 11.8. The van der Waals surface area contributed by atoms with Crippen LogP contribution in [0, 0.1) is 5.92 Å². The van der Waals surface area contributed by atoms with Crippen molar-refractivity contribution in [3.8, 4) is 0 Å². The zero-order chi connectivity index (χ0) is 17.4. The molecule has 0 saturated heterocycles. The molecule has 1 unspecified atom stereocenters. The Balaban J connectivity index is 2.29. The number of carbonyl (C=O) groups excluding carboxylic acids is 2. The van der Waals surface area contributed by atoms with Crippen LogP contribution in [0.4, 0.5) is 10.5 Å². The smallest absolute Gasteiger partial charge is 0.317 e. The average Bonchev–Trinajstić information content (AvgIpc) is 2.49. The summed E-state index contributed by atoms with van der Waals surface area (Å²) in [5.74, 6) is -1.82. The molecule has 0 spiro atoms. The molecule has 1 atom stereocenters. The van der Waals surface area contributed by atoms with Crippen LogP contribution in [0.2, 0.25) is 0 Å². The summed E-state index contributed by atoms with van der Waals surface area (Å²) < 4.78 is 0.918. The van der Waals surface area contributed by atoms with Gasteiger partial charge in [0.1, 0.15) is 0 Å². The van der Waals surface area contributed by atoms with Gasteiger partial charge in [-0.1, -0.05) is 22.9 Å². The molecule has 0 saturated carbocycles. The topological polar surface area (TPSA) is 98.7 Å². The molecule has 1 aromatic rings. The number of nitrogens with zero attached hydrogens (tertiary/aromatic N) is 1. The van der Waals surface area contributed by atoms with E-state index in [0.29, 0.717) is 5.69 Å². The number of aliphatic carboxylic acids is 1. The van der Waals surface area contributed by atoms with Crippen molar-refractivity contribution in [2.75, 3.05) is 25.5 Å². The summed E-state index contributed by atoms with van der Waals surface area (Å²) in [5.41, 5.74) is 0.678. The summed E-state index contributed by atoms with van der Waals surface area (Å²) in [6, 6.07) is 6.75. The third-order valence-electron chi connectivity index (χ3n) is 3.07. The summed E-state index contributed by atoms with van der Waals surface area (Å²) in [5, 5.41) is 14.1. The third-order valence-corrected chi connectivity index (χ3v) is 3.60. The van der Waals surface area contributed by atoms with Gasteiger partial charge in [0.25, 0.3) is 0 Å². The summed E-state index contributed by atoms with van der Waals surface area (Å²) in [4.78, 5) is 35.5. The van der Waals surface area contributed by atoms with Crippen molar-refractivity contribution in [1.29, 1.82) is 0 Å². The molecule has 0 aliphatic heterocycles. The lowest BCUT2D eigenvalue weighted by Gasteiger charge is -2.19. The highest BCUT2D eigenvalue weighted by molar-refractivity contribution is 9.10. The first-order valence-corrected chi connectivity index (χ1v) is 7.86. The molecule has 3 N–H and O–H groups in total. The van der Waals surface area contributed by atoms with Crippen molar-refractivity contribution in [2.45, 2.75) is 13.3 Å². The number of carboxylic acid groups (broad SMARTS) is 1. The molecule has 1 rings (SSSR count). The number of hydrogen-bond donors (Lipinski definition) is 3. The molecule has 0 bridgehead atoms. The lowest BCUT2D eigenvalue weighted by molar-refractivity contribution is -0.141. The number of urea groups is 1. The third kappa shape index (κ3) is 7.14. The number of benzene rings is 1. The van der Waals surface area contributed by atoms with E-state index >= 15 is 0 Å². The van der Waals surface area contributed by atoms with E-state index in [1.807, 2.05) is 12.1 Å². The average molecular weight is 386 g/mol. The summed E-state index contributed by atoms with van der Waals surface area (Å²) in [6.45, 7) is 1.80. The molecule has 0 radical (unpaired) electrons. The van der Waals surface area contributed by atoms with Gasteiger partial charge in [0, 0.05) is 36.7 Å².